The van der Waals surface area contributed by atoms with Crippen molar-refractivity contribution < 1.29 is 0 Å². The Bertz CT molecular complexity index is 384. The van der Waals surface area contributed by atoms with Crippen molar-refractivity contribution in [3.05, 3.63) is 5.56 Å². The van der Waals surface area contributed by atoms with Crippen molar-refractivity contribution in [2.24, 2.45) is 4.99 Å². The summed E-state index contributed by atoms with van der Waals surface area (Å²) in [6.45, 7) is 5.25. The summed E-state index contributed by atoms with van der Waals surface area (Å²) in [5, 5.41) is 2.90. The van der Waals surface area contributed by atoms with E-state index in [1.165, 1.54) is 0 Å². The molecular formula is C9H15N5. The van der Waals surface area contributed by atoms with Gasteiger partial charge in [-0.15, -0.1) is 0 Å². The predicted molar refractivity (Wildman–Crippen MR) is 63.2 cm³/mol. The second kappa shape index (κ2) is 3.45. The van der Waals surface area contributed by atoms with Crippen molar-refractivity contribution in [1.82, 2.24) is 0 Å². The molecule has 0 spiro atoms. The molecular weight excluding hydrogens is 178 g/mol. The zero-order chi connectivity index (χ0) is 10.9. The minimum atomic E-state index is 0.460. The van der Waals surface area contributed by atoms with Crippen LogP contribution in [-0.4, -0.2) is 13.8 Å². The van der Waals surface area contributed by atoms with Crippen molar-refractivity contribution in [2.75, 3.05) is 29.6 Å². The van der Waals surface area contributed by atoms with Gasteiger partial charge in [-0.25, -0.2) is 0 Å². The highest BCUT2D eigenvalue weighted by Gasteiger charge is 2.14. The first-order valence-electron chi connectivity index (χ1n) is 4.16. The summed E-state index contributed by atoms with van der Waals surface area (Å²) in [5.41, 5.74) is 20.8. The SMILES string of the molecule is C=Nc1c(N)c(C)c(N)c(N)c1NC. The Balaban J connectivity index is 3.65. The third-order valence-electron chi connectivity index (χ3n) is 2.27. The maximum atomic E-state index is 5.83. The summed E-state index contributed by atoms with van der Waals surface area (Å²) < 4.78 is 0. The maximum Gasteiger partial charge on any atom is 0.111 e. The largest absolute Gasteiger partial charge is 0.397 e. The lowest BCUT2D eigenvalue weighted by Crippen LogP contribution is -2.06. The van der Waals surface area contributed by atoms with Gasteiger partial charge < -0.3 is 22.5 Å². The Kier molecular flexibility index (Phi) is 2.51. The number of hydrogen-bond acceptors (Lipinski definition) is 5. The average molecular weight is 193 g/mol. The zero-order valence-corrected chi connectivity index (χ0v) is 8.39. The molecule has 0 unspecified atom stereocenters. The quantitative estimate of drug-likeness (QED) is 0.417. The molecule has 0 aliphatic rings. The second-order valence-corrected chi connectivity index (χ2v) is 3.00. The van der Waals surface area contributed by atoms with Crippen LogP contribution in [0.15, 0.2) is 4.99 Å². The van der Waals surface area contributed by atoms with E-state index in [9.17, 15) is 0 Å². The van der Waals surface area contributed by atoms with E-state index >= 15 is 0 Å². The summed E-state index contributed by atoms with van der Waals surface area (Å²) in [7, 11) is 1.73. The number of nitrogens with zero attached hydrogens (tertiary/aromatic N) is 1. The van der Waals surface area contributed by atoms with Crippen LogP contribution in [0.25, 0.3) is 0 Å². The van der Waals surface area contributed by atoms with Crippen LogP contribution >= 0.6 is 0 Å². The molecule has 0 aliphatic carbocycles. The van der Waals surface area contributed by atoms with Crippen LogP contribution in [-0.2, 0) is 0 Å². The molecule has 0 saturated heterocycles. The van der Waals surface area contributed by atoms with E-state index in [2.05, 4.69) is 17.0 Å². The van der Waals surface area contributed by atoms with Crippen LogP contribution in [0.4, 0.5) is 28.4 Å². The minimum Gasteiger partial charge on any atom is -0.397 e. The van der Waals surface area contributed by atoms with E-state index in [1.54, 1.807) is 14.0 Å². The molecule has 7 N–H and O–H groups in total. The van der Waals surface area contributed by atoms with E-state index in [4.69, 9.17) is 17.2 Å². The molecule has 0 heterocycles. The highest BCUT2D eigenvalue weighted by molar-refractivity contribution is 5.97. The highest BCUT2D eigenvalue weighted by Crippen LogP contribution is 2.42. The number of benzene rings is 1. The lowest BCUT2D eigenvalue weighted by Gasteiger charge is -2.16. The van der Waals surface area contributed by atoms with Crippen molar-refractivity contribution in [1.29, 1.82) is 0 Å². The van der Waals surface area contributed by atoms with Gasteiger partial charge in [-0.1, -0.05) is 0 Å². The number of anilines is 4. The van der Waals surface area contributed by atoms with Gasteiger partial charge in [0.15, 0.2) is 0 Å². The standard InChI is InChI=1S/C9H15N5/c1-4-5(10)7(12)9(14-3)8(13-2)6(4)11/h14H,2,10-12H2,1,3H3. The number of rotatable bonds is 2. The van der Waals surface area contributed by atoms with Gasteiger partial charge in [-0.3, -0.25) is 4.99 Å². The Labute approximate surface area is 83.0 Å². The van der Waals surface area contributed by atoms with Crippen molar-refractivity contribution in [3.63, 3.8) is 0 Å². The van der Waals surface area contributed by atoms with Crippen molar-refractivity contribution in [3.8, 4) is 0 Å². The number of nitrogen functional groups attached to an aromatic ring is 3. The zero-order valence-electron chi connectivity index (χ0n) is 8.39. The molecule has 0 saturated carbocycles. The Morgan fingerprint density at radius 2 is 1.71 bits per heavy atom. The Morgan fingerprint density at radius 3 is 2.14 bits per heavy atom. The van der Waals surface area contributed by atoms with Crippen LogP contribution in [0.2, 0.25) is 0 Å². The minimum absolute atomic E-state index is 0.460. The number of hydrogen-bond donors (Lipinski definition) is 4. The van der Waals surface area contributed by atoms with Gasteiger partial charge in [0.2, 0.25) is 0 Å². The van der Waals surface area contributed by atoms with Gasteiger partial charge >= 0.3 is 0 Å². The lowest BCUT2D eigenvalue weighted by molar-refractivity contribution is 1.41. The number of nitrogens with one attached hydrogen (secondary N) is 1. The van der Waals surface area contributed by atoms with Gasteiger partial charge in [-0.2, -0.15) is 0 Å². The monoisotopic (exact) mass is 193 g/mol. The predicted octanol–water partition coefficient (Wildman–Crippen LogP) is 1.12. The van der Waals surface area contributed by atoms with Gasteiger partial charge in [-0.05, 0) is 19.2 Å². The van der Waals surface area contributed by atoms with Crippen LogP contribution in [0.1, 0.15) is 5.56 Å². The average Bonchev–Trinajstić information content (AvgIpc) is 2.20. The first kappa shape index (κ1) is 10.2. The van der Waals surface area contributed by atoms with Crippen molar-refractivity contribution >= 4 is 35.2 Å². The second-order valence-electron chi connectivity index (χ2n) is 3.00. The lowest BCUT2D eigenvalue weighted by atomic mass is 10.1. The van der Waals surface area contributed by atoms with E-state index in [1.807, 2.05) is 0 Å². The molecule has 0 aromatic heterocycles. The highest BCUT2D eigenvalue weighted by atomic mass is 14.9. The molecule has 1 aromatic rings. The molecule has 5 nitrogen and oxygen atoms in total. The van der Waals surface area contributed by atoms with Crippen molar-refractivity contribution in [2.45, 2.75) is 6.92 Å². The number of aliphatic imine (C=N–C) groups is 1. The Morgan fingerprint density at radius 1 is 1.14 bits per heavy atom. The molecule has 0 atom stereocenters. The molecule has 1 rings (SSSR count). The first-order chi connectivity index (χ1) is 6.54. The fourth-order valence-corrected chi connectivity index (χ4v) is 1.34. The molecule has 1 aromatic carbocycles. The normalized spacial score (nSPS) is 9.86. The molecule has 0 aliphatic heterocycles. The molecule has 0 amide bonds. The fourth-order valence-electron chi connectivity index (χ4n) is 1.34. The molecule has 0 fully saturated rings. The molecule has 76 valence electrons. The van der Waals surface area contributed by atoms with Crippen LogP contribution < -0.4 is 22.5 Å². The topological polar surface area (TPSA) is 102 Å². The molecule has 0 bridgehead atoms. The van der Waals surface area contributed by atoms with Gasteiger partial charge in [0.25, 0.3) is 0 Å². The van der Waals surface area contributed by atoms with Crippen LogP contribution in [0.3, 0.4) is 0 Å². The maximum absolute atomic E-state index is 5.83. The van der Waals surface area contributed by atoms with E-state index in [-0.39, 0.29) is 0 Å². The summed E-state index contributed by atoms with van der Waals surface area (Å²) >= 11 is 0. The van der Waals surface area contributed by atoms with E-state index < -0.39 is 0 Å². The number of nitrogens with two attached hydrogens (primary N) is 3. The van der Waals surface area contributed by atoms with Gasteiger partial charge in [0, 0.05) is 7.05 Å². The van der Waals surface area contributed by atoms with E-state index in [0.29, 0.717) is 28.4 Å². The van der Waals surface area contributed by atoms with Crippen LogP contribution in [0.5, 0.6) is 0 Å². The summed E-state index contributed by atoms with van der Waals surface area (Å²) in [6.07, 6.45) is 0. The molecule has 14 heavy (non-hydrogen) atoms. The van der Waals surface area contributed by atoms with Crippen LogP contribution in [0, 0.1) is 6.92 Å². The molecule has 5 heteroatoms. The first-order valence-corrected chi connectivity index (χ1v) is 4.16. The molecule has 0 radical (unpaired) electrons. The van der Waals surface area contributed by atoms with Gasteiger partial charge in [0.05, 0.1) is 22.7 Å². The third-order valence-corrected chi connectivity index (χ3v) is 2.27. The van der Waals surface area contributed by atoms with E-state index in [0.717, 1.165) is 5.56 Å². The fraction of sp³-hybridized carbons (Fsp3) is 0.222. The summed E-state index contributed by atoms with van der Waals surface area (Å²) in [5.74, 6) is 0. The summed E-state index contributed by atoms with van der Waals surface area (Å²) in [6, 6.07) is 0. The Hall–Kier alpha value is -1.91. The van der Waals surface area contributed by atoms with Gasteiger partial charge in [0.1, 0.15) is 5.69 Å². The smallest absolute Gasteiger partial charge is 0.111 e. The third kappa shape index (κ3) is 1.22. The summed E-state index contributed by atoms with van der Waals surface area (Å²) in [4.78, 5) is 3.83.